The topological polar surface area (TPSA) is 44.1 Å². The van der Waals surface area contributed by atoms with Crippen molar-refractivity contribution in [3.63, 3.8) is 0 Å². The van der Waals surface area contributed by atoms with Crippen LogP contribution < -0.4 is 5.46 Å². The number of hydrogen-bond donors (Lipinski definition) is 0. The minimum Gasteiger partial charge on any atom is -0.422 e. The molecule has 1 aromatic heterocycles. The van der Waals surface area contributed by atoms with Gasteiger partial charge in [0.15, 0.2) is 5.78 Å². The van der Waals surface area contributed by atoms with Crippen molar-refractivity contribution < 1.29 is 9.45 Å². The Kier molecular flexibility index (Phi) is 3.48. The molecule has 0 unspecified atom stereocenters. The Morgan fingerprint density at radius 2 is 2.14 bits per heavy atom. The number of benzene rings is 1. The smallest absolute Gasteiger partial charge is 0.325 e. The Hall–Kier alpha value is -1.88. The van der Waals surface area contributed by atoms with Crippen molar-refractivity contribution >= 4 is 18.2 Å². The van der Waals surface area contributed by atoms with Crippen molar-refractivity contribution in [2.75, 3.05) is 0 Å². The number of ketones is 1. The zero-order chi connectivity index (χ0) is 16.1. The van der Waals surface area contributed by atoms with Crippen LogP contribution in [0, 0.1) is 6.92 Å². The number of rotatable bonds is 3. The van der Waals surface area contributed by atoms with E-state index in [1.807, 2.05) is 20.0 Å². The number of carbonyl (C=O) groups is 1. The quantitative estimate of drug-likeness (QED) is 0.644. The van der Waals surface area contributed by atoms with E-state index < -0.39 is 0 Å². The number of nitrogens with zero attached hydrogens (tertiary/aromatic N) is 2. The van der Waals surface area contributed by atoms with Crippen LogP contribution in [0.1, 0.15) is 41.0 Å². The molecule has 4 nitrogen and oxygen atoms in total. The van der Waals surface area contributed by atoms with Crippen LogP contribution in [0.3, 0.4) is 0 Å². The monoisotopic (exact) mass is 296 g/mol. The van der Waals surface area contributed by atoms with Gasteiger partial charge in [-0.1, -0.05) is 25.0 Å². The van der Waals surface area contributed by atoms with Gasteiger partial charge in [0.25, 0.3) is 0 Å². The molecule has 0 aliphatic carbocycles. The highest BCUT2D eigenvalue weighted by Gasteiger charge is 2.37. The molecule has 0 spiro atoms. The molecule has 0 radical (unpaired) electrons. The fraction of sp³-hybridized carbons (Fsp3) is 0.412. The minimum absolute atomic E-state index is 0.0696. The van der Waals surface area contributed by atoms with Crippen molar-refractivity contribution in [3.05, 3.63) is 46.8 Å². The Morgan fingerprint density at radius 3 is 2.77 bits per heavy atom. The van der Waals surface area contributed by atoms with Gasteiger partial charge in [0.2, 0.25) is 0 Å². The minimum atomic E-state index is -0.253. The fourth-order valence-corrected chi connectivity index (χ4v) is 3.33. The SMILES string of the molecule is CB1OC(C)(C)c2ccc(CC(=O)c3cn(C)nc3C)cc21. The third-order valence-corrected chi connectivity index (χ3v) is 4.35. The van der Waals surface area contributed by atoms with E-state index >= 15 is 0 Å². The molecule has 2 aromatic rings. The van der Waals surface area contributed by atoms with Crippen molar-refractivity contribution in [1.29, 1.82) is 0 Å². The molecule has 1 aliphatic heterocycles. The Bertz CT molecular complexity index is 749. The molecule has 5 heteroatoms. The second kappa shape index (κ2) is 5.09. The van der Waals surface area contributed by atoms with Crippen LogP contribution in [-0.2, 0) is 23.7 Å². The molecule has 114 valence electrons. The third-order valence-electron chi connectivity index (χ3n) is 4.35. The van der Waals surface area contributed by atoms with Crippen molar-refractivity contribution in [3.8, 4) is 0 Å². The molecule has 0 bridgehead atoms. The molecular formula is C17H21BN2O2. The maximum absolute atomic E-state index is 12.5. The van der Waals surface area contributed by atoms with E-state index in [0.29, 0.717) is 12.0 Å². The van der Waals surface area contributed by atoms with Gasteiger partial charge in [-0.15, -0.1) is 0 Å². The summed E-state index contributed by atoms with van der Waals surface area (Å²) in [5, 5.41) is 4.24. The van der Waals surface area contributed by atoms with E-state index in [4.69, 9.17) is 4.65 Å². The van der Waals surface area contributed by atoms with E-state index in [-0.39, 0.29) is 18.3 Å². The van der Waals surface area contributed by atoms with Gasteiger partial charge in [-0.3, -0.25) is 9.48 Å². The van der Waals surface area contributed by atoms with Gasteiger partial charge in [0.05, 0.1) is 16.9 Å². The molecule has 1 aromatic carbocycles. The lowest BCUT2D eigenvalue weighted by Gasteiger charge is -2.20. The lowest BCUT2D eigenvalue weighted by atomic mass is 9.63. The first-order valence-corrected chi connectivity index (χ1v) is 7.62. The number of carbonyl (C=O) groups excluding carboxylic acids is 1. The van der Waals surface area contributed by atoms with Gasteiger partial charge in [-0.05, 0) is 37.4 Å². The molecule has 0 atom stereocenters. The molecule has 22 heavy (non-hydrogen) atoms. The van der Waals surface area contributed by atoms with Crippen LogP contribution in [0.2, 0.25) is 6.82 Å². The van der Waals surface area contributed by atoms with E-state index in [2.05, 4.69) is 37.9 Å². The van der Waals surface area contributed by atoms with Gasteiger partial charge in [-0.25, -0.2) is 0 Å². The van der Waals surface area contributed by atoms with Crippen LogP contribution in [0.15, 0.2) is 24.4 Å². The van der Waals surface area contributed by atoms with E-state index in [9.17, 15) is 4.79 Å². The first-order valence-electron chi connectivity index (χ1n) is 7.62. The second-order valence-electron chi connectivity index (χ2n) is 6.59. The predicted octanol–water partition coefficient (Wildman–Crippen LogP) is 2.25. The molecule has 1 aliphatic rings. The summed E-state index contributed by atoms with van der Waals surface area (Å²) in [5.74, 6) is 0.108. The van der Waals surface area contributed by atoms with Crippen LogP contribution in [0.25, 0.3) is 0 Å². The van der Waals surface area contributed by atoms with Gasteiger partial charge < -0.3 is 4.65 Å². The number of aromatic nitrogens is 2. The summed E-state index contributed by atoms with van der Waals surface area (Å²) in [7, 11) is 1.83. The summed E-state index contributed by atoms with van der Waals surface area (Å²) in [6.07, 6.45) is 2.19. The van der Waals surface area contributed by atoms with Crippen LogP contribution in [0.4, 0.5) is 0 Å². The molecule has 0 N–H and O–H groups in total. The van der Waals surface area contributed by atoms with Gasteiger partial charge >= 0.3 is 6.92 Å². The highest BCUT2D eigenvalue weighted by atomic mass is 16.5. The van der Waals surface area contributed by atoms with Crippen molar-refractivity contribution in [2.45, 2.75) is 39.6 Å². The number of aryl methyl sites for hydroxylation is 2. The van der Waals surface area contributed by atoms with Gasteiger partial charge in [-0.2, -0.15) is 5.10 Å². The largest absolute Gasteiger partial charge is 0.422 e. The van der Waals surface area contributed by atoms with E-state index in [1.54, 1.807) is 10.9 Å². The van der Waals surface area contributed by atoms with Crippen LogP contribution >= 0.6 is 0 Å². The molecule has 0 amide bonds. The molecular weight excluding hydrogens is 275 g/mol. The molecule has 2 heterocycles. The lowest BCUT2D eigenvalue weighted by molar-refractivity contribution is 0.0992. The van der Waals surface area contributed by atoms with E-state index in [0.717, 1.165) is 11.3 Å². The summed E-state index contributed by atoms with van der Waals surface area (Å²) < 4.78 is 7.67. The Labute approximate surface area is 131 Å². The van der Waals surface area contributed by atoms with Crippen molar-refractivity contribution in [2.24, 2.45) is 7.05 Å². The molecule has 0 saturated carbocycles. The average molecular weight is 296 g/mol. The molecule has 0 saturated heterocycles. The maximum atomic E-state index is 12.5. The summed E-state index contributed by atoms with van der Waals surface area (Å²) in [6.45, 7) is 8.16. The first kappa shape index (κ1) is 15.0. The van der Waals surface area contributed by atoms with E-state index in [1.165, 1.54) is 11.0 Å². The Balaban J connectivity index is 1.87. The second-order valence-corrected chi connectivity index (χ2v) is 6.59. The third kappa shape index (κ3) is 2.50. The van der Waals surface area contributed by atoms with Gasteiger partial charge in [0, 0.05) is 19.7 Å². The Morgan fingerprint density at radius 1 is 1.41 bits per heavy atom. The first-order chi connectivity index (χ1) is 10.3. The van der Waals surface area contributed by atoms with Crippen molar-refractivity contribution in [1.82, 2.24) is 9.78 Å². The predicted molar refractivity (Wildman–Crippen MR) is 87.8 cm³/mol. The number of hydrogen-bond acceptors (Lipinski definition) is 3. The number of Topliss-reactive ketones (excluding diaryl/α,β-unsaturated/α-hetero) is 1. The van der Waals surface area contributed by atoms with Crippen LogP contribution in [-0.4, -0.2) is 22.5 Å². The lowest BCUT2D eigenvalue weighted by Crippen LogP contribution is -2.25. The molecule has 0 fully saturated rings. The molecule has 3 rings (SSSR count). The van der Waals surface area contributed by atoms with Gasteiger partial charge in [0.1, 0.15) is 0 Å². The zero-order valence-corrected chi connectivity index (χ0v) is 13.8. The van der Waals surface area contributed by atoms with Crippen LogP contribution in [0.5, 0.6) is 0 Å². The normalized spacial score (nSPS) is 16.0. The highest BCUT2D eigenvalue weighted by Crippen LogP contribution is 2.30. The standard InChI is InChI=1S/C17H21BN2O2/c1-11-13(10-20(5)19-11)16(21)9-12-6-7-14-15(8-12)18(4)22-17(14,2)3/h6-8,10H,9H2,1-5H3. The summed E-state index contributed by atoms with van der Waals surface area (Å²) in [5.41, 5.74) is 4.67. The average Bonchev–Trinajstić information content (AvgIpc) is 2.87. The summed E-state index contributed by atoms with van der Waals surface area (Å²) in [6, 6.07) is 6.24. The number of fused-ring (bicyclic) bond motifs is 1. The maximum Gasteiger partial charge on any atom is 0.325 e. The zero-order valence-electron chi connectivity index (χ0n) is 13.8. The highest BCUT2D eigenvalue weighted by molar-refractivity contribution is 6.67. The summed E-state index contributed by atoms with van der Waals surface area (Å²) >= 11 is 0. The fourth-order valence-electron chi connectivity index (χ4n) is 3.33. The summed E-state index contributed by atoms with van der Waals surface area (Å²) in [4.78, 5) is 12.5.